The number of nitrogens with zero attached hydrogens (tertiary/aromatic N) is 2. The number of nitrogens with one attached hydrogen (secondary N) is 2. The average Bonchev–Trinajstić information content (AvgIpc) is 3.13. The second kappa shape index (κ2) is 14.0. The molecule has 2 aliphatic rings. The lowest BCUT2D eigenvalue weighted by Crippen LogP contribution is -2.46. The predicted molar refractivity (Wildman–Crippen MR) is 114 cm³/mol. The van der Waals surface area contributed by atoms with E-state index in [1.165, 1.54) is 38.6 Å². The Kier molecular flexibility index (Phi) is 12.8. The number of aliphatic imine (C=N–C) groups is 1. The molecule has 2 atom stereocenters. The molecule has 0 saturated carbocycles. The van der Waals surface area contributed by atoms with Gasteiger partial charge < -0.3 is 20.1 Å². The van der Waals surface area contributed by atoms with E-state index in [2.05, 4.69) is 27.4 Å². The van der Waals surface area contributed by atoms with E-state index in [1.54, 1.807) is 0 Å². The fourth-order valence-corrected chi connectivity index (χ4v) is 3.59. The molecular formula is C18H37IN4O2. The molecule has 2 fully saturated rings. The highest BCUT2D eigenvalue weighted by molar-refractivity contribution is 14.0. The molecule has 0 aromatic heterocycles. The first-order valence-corrected chi connectivity index (χ1v) is 9.71. The van der Waals surface area contributed by atoms with E-state index in [9.17, 15) is 0 Å². The van der Waals surface area contributed by atoms with Gasteiger partial charge in [-0.3, -0.25) is 9.89 Å². The minimum atomic E-state index is 0. The Morgan fingerprint density at radius 3 is 2.76 bits per heavy atom. The van der Waals surface area contributed by atoms with Crippen molar-refractivity contribution < 1.29 is 9.47 Å². The zero-order valence-corrected chi connectivity index (χ0v) is 18.3. The molecule has 6 nitrogen and oxygen atoms in total. The molecule has 0 aromatic carbocycles. The molecule has 2 heterocycles. The quantitative estimate of drug-likeness (QED) is 0.235. The monoisotopic (exact) mass is 468 g/mol. The van der Waals surface area contributed by atoms with Crippen LogP contribution in [-0.2, 0) is 9.47 Å². The van der Waals surface area contributed by atoms with E-state index in [4.69, 9.17) is 9.47 Å². The molecule has 0 radical (unpaired) electrons. The summed E-state index contributed by atoms with van der Waals surface area (Å²) in [6, 6.07) is 0.765. The van der Waals surface area contributed by atoms with Crippen LogP contribution in [0, 0.1) is 0 Å². The van der Waals surface area contributed by atoms with Gasteiger partial charge in [0, 0.05) is 39.3 Å². The fraction of sp³-hybridized carbons (Fsp3) is 0.944. The van der Waals surface area contributed by atoms with Crippen molar-refractivity contribution in [1.82, 2.24) is 15.5 Å². The summed E-state index contributed by atoms with van der Waals surface area (Å²) >= 11 is 0. The largest absolute Gasteiger partial charge is 0.377 e. The van der Waals surface area contributed by atoms with Crippen LogP contribution in [0.25, 0.3) is 0 Å². The normalized spacial score (nSPS) is 24.8. The summed E-state index contributed by atoms with van der Waals surface area (Å²) in [6.45, 7) is 8.62. The number of guanidine groups is 1. The first-order valence-electron chi connectivity index (χ1n) is 9.71. The number of hydrogen-bond donors (Lipinski definition) is 2. The number of halogens is 1. The van der Waals surface area contributed by atoms with E-state index >= 15 is 0 Å². The summed E-state index contributed by atoms with van der Waals surface area (Å²) in [5.41, 5.74) is 0. The standard InChI is InChI=1S/C18H36N4O2.HI/c1-3-16-7-4-5-11-22(16)12-9-20-18(19-2)21-10-14-23-15-17-8-6-13-24-17;/h16-17H,3-15H2,1-2H3,(H2,19,20,21);1H. The van der Waals surface area contributed by atoms with Crippen LogP contribution in [0.4, 0.5) is 0 Å². The van der Waals surface area contributed by atoms with Gasteiger partial charge in [0.2, 0.25) is 0 Å². The van der Waals surface area contributed by atoms with E-state index in [0.717, 1.165) is 44.7 Å². The molecule has 0 aromatic rings. The molecule has 2 aliphatic heterocycles. The van der Waals surface area contributed by atoms with Crippen LogP contribution >= 0.6 is 24.0 Å². The van der Waals surface area contributed by atoms with Crippen molar-refractivity contribution in [3.8, 4) is 0 Å². The minimum absolute atomic E-state index is 0. The van der Waals surface area contributed by atoms with Crippen LogP contribution in [0.3, 0.4) is 0 Å². The molecule has 2 saturated heterocycles. The second-order valence-electron chi connectivity index (χ2n) is 6.73. The highest BCUT2D eigenvalue weighted by atomic mass is 127. The van der Waals surface area contributed by atoms with Crippen molar-refractivity contribution in [2.24, 2.45) is 4.99 Å². The van der Waals surface area contributed by atoms with Gasteiger partial charge in [0.1, 0.15) is 0 Å². The second-order valence-corrected chi connectivity index (χ2v) is 6.73. The third-order valence-electron chi connectivity index (χ3n) is 5.00. The molecule has 2 unspecified atom stereocenters. The Morgan fingerprint density at radius 1 is 1.20 bits per heavy atom. The van der Waals surface area contributed by atoms with Crippen LogP contribution < -0.4 is 10.6 Å². The average molecular weight is 468 g/mol. The number of hydrogen-bond acceptors (Lipinski definition) is 4. The lowest BCUT2D eigenvalue weighted by Gasteiger charge is -2.35. The highest BCUT2D eigenvalue weighted by Crippen LogP contribution is 2.18. The Labute approximate surface area is 170 Å². The van der Waals surface area contributed by atoms with Gasteiger partial charge in [-0.1, -0.05) is 13.3 Å². The van der Waals surface area contributed by atoms with Gasteiger partial charge in [-0.25, -0.2) is 0 Å². The predicted octanol–water partition coefficient (Wildman–Crippen LogP) is 2.23. The zero-order valence-electron chi connectivity index (χ0n) is 16.0. The van der Waals surface area contributed by atoms with Crippen molar-refractivity contribution in [2.75, 3.05) is 53.0 Å². The molecule has 2 N–H and O–H groups in total. The van der Waals surface area contributed by atoms with Crippen molar-refractivity contribution in [3.05, 3.63) is 0 Å². The van der Waals surface area contributed by atoms with Crippen LogP contribution in [0.5, 0.6) is 0 Å². The third kappa shape index (κ3) is 8.88. The van der Waals surface area contributed by atoms with Crippen LogP contribution in [0.2, 0.25) is 0 Å². The van der Waals surface area contributed by atoms with Gasteiger partial charge in [0.05, 0.1) is 19.3 Å². The van der Waals surface area contributed by atoms with Crippen LogP contribution in [0.15, 0.2) is 4.99 Å². The fourth-order valence-electron chi connectivity index (χ4n) is 3.59. The Balaban J connectivity index is 0.00000312. The molecule has 148 valence electrons. The SMILES string of the molecule is CCC1CCCCN1CCNC(=NC)NCCOCC1CCCO1.I. The van der Waals surface area contributed by atoms with Crippen molar-refractivity contribution in [2.45, 2.75) is 57.6 Å². The van der Waals surface area contributed by atoms with Crippen molar-refractivity contribution in [1.29, 1.82) is 0 Å². The van der Waals surface area contributed by atoms with E-state index in [0.29, 0.717) is 19.3 Å². The van der Waals surface area contributed by atoms with E-state index in [1.807, 2.05) is 7.05 Å². The molecular weight excluding hydrogens is 431 g/mol. The number of piperidine rings is 1. The molecule has 0 aliphatic carbocycles. The topological polar surface area (TPSA) is 58.1 Å². The minimum Gasteiger partial charge on any atom is -0.377 e. The zero-order chi connectivity index (χ0) is 17.0. The number of rotatable bonds is 9. The van der Waals surface area contributed by atoms with Crippen molar-refractivity contribution >= 4 is 29.9 Å². The first kappa shape index (κ1) is 22.9. The van der Waals surface area contributed by atoms with Crippen molar-refractivity contribution in [3.63, 3.8) is 0 Å². The summed E-state index contributed by atoms with van der Waals surface area (Å²) in [6.07, 6.45) is 7.94. The molecule has 0 amide bonds. The Hall–Kier alpha value is -0.120. The molecule has 7 heteroatoms. The van der Waals surface area contributed by atoms with Crippen LogP contribution in [0.1, 0.15) is 45.4 Å². The Bertz CT molecular complexity index is 365. The van der Waals surface area contributed by atoms with Gasteiger partial charge >= 0.3 is 0 Å². The molecule has 0 bridgehead atoms. The maximum absolute atomic E-state index is 5.66. The summed E-state index contributed by atoms with van der Waals surface area (Å²) in [5, 5.41) is 6.72. The maximum Gasteiger partial charge on any atom is 0.191 e. The van der Waals surface area contributed by atoms with Crippen LogP contribution in [-0.4, -0.2) is 76.1 Å². The summed E-state index contributed by atoms with van der Waals surface area (Å²) in [5.74, 6) is 0.862. The molecule has 0 spiro atoms. The maximum atomic E-state index is 5.66. The smallest absolute Gasteiger partial charge is 0.191 e. The third-order valence-corrected chi connectivity index (χ3v) is 5.00. The van der Waals surface area contributed by atoms with E-state index < -0.39 is 0 Å². The van der Waals surface area contributed by atoms with Gasteiger partial charge in [-0.2, -0.15) is 0 Å². The molecule has 2 rings (SSSR count). The molecule has 25 heavy (non-hydrogen) atoms. The number of likely N-dealkylation sites (tertiary alicyclic amines) is 1. The Morgan fingerprint density at radius 2 is 2.04 bits per heavy atom. The van der Waals surface area contributed by atoms with Gasteiger partial charge in [0.15, 0.2) is 5.96 Å². The lowest BCUT2D eigenvalue weighted by molar-refractivity contribution is 0.0191. The summed E-state index contributed by atoms with van der Waals surface area (Å²) in [4.78, 5) is 6.90. The first-order chi connectivity index (χ1) is 11.8. The van der Waals surface area contributed by atoms with Gasteiger partial charge in [-0.05, 0) is 38.6 Å². The summed E-state index contributed by atoms with van der Waals surface area (Å²) < 4.78 is 11.2. The number of ether oxygens (including phenoxy) is 2. The van der Waals surface area contributed by atoms with Gasteiger partial charge in [-0.15, -0.1) is 24.0 Å². The van der Waals surface area contributed by atoms with E-state index in [-0.39, 0.29) is 24.0 Å². The van der Waals surface area contributed by atoms with Gasteiger partial charge in [0.25, 0.3) is 0 Å². The summed E-state index contributed by atoms with van der Waals surface area (Å²) in [7, 11) is 1.82. The highest BCUT2D eigenvalue weighted by Gasteiger charge is 2.20. The lowest BCUT2D eigenvalue weighted by atomic mass is 10.0.